The van der Waals surface area contributed by atoms with Gasteiger partial charge in [-0.2, -0.15) is 5.26 Å². The van der Waals surface area contributed by atoms with Crippen LogP contribution in [0.15, 0.2) is 60.8 Å². The Morgan fingerprint density at radius 1 is 1.11 bits per heavy atom. The van der Waals surface area contributed by atoms with Gasteiger partial charge >= 0.3 is 0 Å². The summed E-state index contributed by atoms with van der Waals surface area (Å²) in [4.78, 5) is 31.9. The molecule has 35 heavy (non-hydrogen) atoms. The summed E-state index contributed by atoms with van der Waals surface area (Å²) in [6.07, 6.45) is 2.86. The van der Waals surface area contributed by atoms with E-state index in [0.717, 1.165) is 11.9 Å². The zero-order chi connectivity index (χ0) is 24.8. The molecule has 0 spiro atoms. The van der Waals surface area contributed by atoms with Crippen LogP contribution in [-0.2, 0) is 4.79 Å². The van der Waals surface area contributed by atoms with Gasteiger partial charge in [0.05, 0.1) is 18.4 Å². The van der Waals surface area contributed by atoms with Crippen LogP contribution in [-0.4, -0.2) is 37.0 Å². The summed E-state index contributed by atoms with van der Waals surface area (Å²) in [7, 11) is 1.47. The van der Waals surface area contributed by atoms with Gasteiger partial charge < -0.3 is 20.3 Å². The SMILES string of the molecule is COc1ccc(NC(=O)C2CCN(c3ccc(C#N)cn3)CC2)cc1NC(=O)c1cccc(F)c1. The van der Waals surface area contributed by atoms with Crippen molar-refractivity contribution in [3.8, 4) is 11.8 Å². The van der Waals surface area contributed by atoms with Gasteiger partial charge in [-0.15, -0.1) is 0 Å². The molecule has 2 heterocycles. The van der Waals surface area contributed by atoms with Crippen LogP contribution in [0.4, 0.5) is 21.6 Å². The van der Waals surface area contributed by atoms with Gasteiger partial charge in [0.2, 0.25) is 5.91 Å². The van der Waals surface area contributed by atoms with Crippen molar-refractivity contribution in [3.05, 3.63) is 77.7 Å². The van der Waals surface area contributed by atoms with Gasteiger partial charge in [0, 0.05) is 36.5 Å². The molecule has 2 amide bonds. The van der Waals surface area contributed by atoms with Crippen molar-refractivity contribution in [3.63, 3.8) is 0 Å². The number of nitrogens with one attached hydrogen (secondary N) is 2. The quantitative estimate of drug-likeness (QED) is 0.555. The molecule has 0 atom stereocenters. The van der Waals surface area contributed by atoms with Gasteiger partial charge in [0.15, 0.2) is 0 Å². The van der Waals surface area contributed by atoms with Crippen LogP contribution >= 0.6 is 0 Å². The Morgan fingerprint density at radius 2 is 1.91 bits per heavy atom. The number of amides is 2. The monoisotopic (exact) mass is 473 g/mol. The molecule has 3 aromatic rings. The van der Waals surface area contributed by atoms with Gasteiger partial charge in [0.1, 0.15) is 23.5 Å². The first-order chi connectivity index (χ1) is 17.0. The minimum Gasteiger partial charge on any atom is -0.495 e. The molecule has 1 aromatic heterocycles. The third kappa shape index (κ3) is 5.73. The lowest BCUT2D eigenvalue weighted by molar-refractivity contribution is -0.120. The molecule has 2 aromatic carbocycles. The Labute approximate surface area is 202 Å². The van der Waals surface area contributed by atoms with Crippen LogP contribution in [0.25, 0.3) is 0 Å². The Bertz CT molecular complexity index is 1260. The molecule has 8 nitrogen and oxygen atoms in total. The molecule has 0 unspecified atom stereocenters. The summed E-state index contributed by atoms with van der Waals surface area (Å²) in [5.74, 6) is -0.0727. The van der Waals surface area contributed by atoms with E-state index in [4.69, 9.17) is 10.00 Å². The standard InChI is InChI=1S/C26H24FN5O3/c1-35-23-7-6-21(14-22(23)31-26(34)19-3-2-4-20(27)13-19)30-25(33)18-9-11-32(12-10-18)24-8-5-17(15-28)16-29-24/h2-8,13-14,16,18H,9-12H2,1H3,(H,30,33)(H,31,34). The molecule has 0 saturated carbocycles. The maximum Gasteiger partial charge on any atom is 0.255 e. The van der Waals surface area contributed by atoms with Crippen molar-refractivity contribution >= 4 is 29.0 Å². The minimum atomic E-state index is -0.508. The number of nitriles is 1. The van der Waals surface area contributed by atoms with Gasteiger partial charge in [0.25, 0.3) is 5.91 Å². The Kier molecular flexibility index (Phi) is 7.21. The maximum atomic E-state index is 13.5. The first-order valence-corrected chi connectivity index (χ1v) is 11.1. The van der Waals surface area contributed by atoms with Crippen LogP contribution in [0.3, 0.4) is 0 Å². The van der Waals surface area contributed by atoms with Crippen molar-refractivity contribution in [1.82, 2.24) is 4.98 Å². The maximum absolute atomic E-state index is 13.5. The second-order valence-corrected chi connectivity index (χ2v) is 8.15. The fourth-order valence-corrected chi connectivity index (χ4v) is 3.96. The van der Waals surface area contributed by atoms with Crippen molar-refractivity contribution < 1.29 is 18.7 Å². The zero-order valence-electron chi connectivity index (χ0n) is 19.1. The highest BCUT2D eigenvalue weighted by atomic mass is 19.1. The summed E-state index contributed by atoms with van der Waals surface area (Å²) in [5.41, 5.74) is 1.56. The number of pyridine rings is 1. The summed E-state index contributed by atoms with van der Waals surface area (Å²) < 4.78 is 18.8. The highest BCUT2D eigenvalue weighted by molar-refractivity contribution is 6.05. The highest BCUT2D eigenvalue weighted by Gasteiger charge is 2.26. The molecule has 2 N–H and O–H groups in total. The molecular formula is C26H24FN5O3. The number of rotatable bonds is 6. The highest BCUT2D eigenvalue weighted by Crippen LogP contribution is 2.30. The van der Waals surface area contributed by atoms with Crippen molar-refractivity contribution in [1.29, 1.82) is 5.26 Å². The average Bonchev–Trinajstić information content (AvgIpc) is 2.89. The Balaban J connectivity index is 1.38. The number of halogens is 1. The van der Waals surface area contributed by atoms with E-state index in [2.05, 4.69) is 26.6 Å². The molecule has 4 rings (SSSR count). The Hall–Kier alpha value is -4.45. The van der Waals surface area contributed by atoms with E-state index < -0.39 is 11.7 Å². The lowest BCUT2D eigenvalue weighted by atomic mass is 9.95. The number of carbonyl (C=O) groups excluding carboxylic acids is 2. The minimum absolute atomic E-state index is 0.106. The van der Waals surface area contributed by atoms with E-state index in [9.17, 15) is 14.0 Å². The number of ether oxygens (including phenoxy) is 1. The van der Waals surface area contributed by atoms with Crippen molar-refractivity contribution in [2.45, 2.75) is 12.8 Å². The van der Waals surface area contributed by atoms with Gasteiger partial charge in [-0.05, 0) is 61.4 Å². The molecule has 1 fully saturated rings. The van der Waals surface area contributed by atoms with Gasteiger partial charge in [-0.25, -0.2) is 9.37 Å². The van der Waals surface area contributed by atoms with Crippen LogP contribution in [0.5, 0.6) is 5.75 Å². The first kappa shape index (κ1) is 23.7. The number of hydrogen-bond acceptors (Lipinski definition) is 6. The topological polar surface area (TPSA) is 107 Å². The van der Waals surface area contributed by atoms with Gasteiger partial charge in [-0.3, -0.25) is 9.59 Å². The largest absolute Gasteiger partial charge is 0.495 e. The first-order valence-electron chi connectivity index (χ1n) is 11.1. The molecule has 1 aliphatic heterocycles. The van der Waals surface area contributed by atoms with Gasteiger partial charge in [-0.1, -0.05) is 6.07 Å². The Morgan fingerprint density at radius 3 is 2.57 bits per heavy atom. The molecule has 9 heteroatoms. The molecule has 178 valence electrons. The van der Waals surface area contributed by atoms with Crippen molar-refractivity contribution in [2.75, 3.05) is 35.7 Å². The number of aromatic nitrogens is 1. The van der Waals surface area contributed by atoms with Crippen LogP contribution < -0.4 is 20.3 Å². The third-order valence-electron chi connectivity index (χ3n) is 5.87. The molecule has 0 aliphatic carbocycles. The molecule has 1 saturated heterocycles. The molecule has 0 radical (unpaired) electrons. The smallest absolute Gasteiger partial charge is 0.255 e. The van der Waals surface area contributed by atoms with E-state index in [-0.39, 0.29) is 17.4 Å². The number of benzene rings is 2. The molecular weight excluding hydrogens is 449 g/mol. The van der Waals surface area contributed by atoms with Crippen LogP contribution in [0.1, 0.15) is 28.8 Å². The predicted octanol–water partition coefficient (Wildman–Crippen LogP) is 4.21. The number of hydrogen-bond donors (Lipinski definition) is 2. The van der Waals surface area contributed by atoms with E-state index in [1.165, 1.54) is 25.3 Å². The van der Waals surface area contributed by atoms with E-state index >= 15 is 0 Å². The summed E-state index contributed by atoms with van der Waals surface area (Å²) in [6.45, 7) is 1.35. The summed E-state index contributed by atoms with van der Waals surface area (Å²) in [6, 6.07) is 15.9. The number of methoxy groups -OCH3 is 1. The predicted molar refractivity (Wildman–Crippen MR) is 130 cm³/mol. The number of nitrogens with zero attached hydrogens (tertiary/aromatic N) is 3. The summed E-state index contributed by atoms with van der Waals surface area (Å²) in [5, 5.41) is 14.6. The second kappa shape index (κ2) is 10.7. The fourth-order valence-electron chi connectivity index (χ4n) is 3.96. The lowest BCUT2D eigenvalue weighted by Gasteiger charge is -2.32. The van der Waals surface area contributed by atoms with E-state index in [1.807, 2.05) is 6.07 Å². The van der Waals surface area contributed by atoms with Crippen LogP contribution in [0.2, 0.25) is 0 Å². The number of carbonyl (C=O) groups is 2. The average molecular weight is 474 g/mol. The lowest BCUT2D eigenvalue weighted by Crippen LogP contribution is -2.38. The fraction of sp³-hybridized carbons (Fsp3) is 0.231. The van der Waals surface area contributed by atoms with E-state index in [0.29, 0.717) is 48.6 Å². The van der Waals surface area contributed by atoms with Crippen molar-refractivity contribution in [2.24, 2.45) is 5.92 Å². The molecule has 0 bridgehead atoms. The van der Waals surface area contributed by atoms with E-state index in [1.54, 1.807) is 30.5 Å². The zero-order valence-corrected chi connectivity index (χ0v) is 19.1. The summed E-state index contributed by atoms with van der Waals surface area (Å²) >= 11 is 0. The number of piperidine rings is 1. The normalized spacial score (nSPS) is 13.6. The molecule has 1 aliphatic rings. The second-order valence-electron chi connectivity index (χ2n) is 8.15. The number of anilines is 3. The van der Waals surface area contributed by atoms with Crippen LogP contribution in [0, 0.1) is 23.1 Å². The third-order valence-corrected chi connectivity index (χ3v) is 5.87.